The molecule has 3 saturated heterocycles. The summed E-state index contributed by atoms with van der Waals surface area (Å²) in [6.45, 7) is 2.24. The predicted octanol–water partition coefficient (Wildman–Crippen LogP) is 2.21. The van der Waals surface area contributed by atoms with E-state index in [1.54, 1.807) is 6.07 Å². The highest BCUT2D eigenvalue weighted by molar-refractivity contribution is 5.82. The summed E-state index contributed by atoms with van der Waals surface area (Å²) < 4.78 is 26.9. The molecule has 2 N–H and O–H groups in total. The zero-order valence-corrected chi connectivity index (χ0v) is 17.3. The minimum Gasteiger partial charge on any atom is -0.342 e. The van der Waals surface area contributed by atoms with Crippen molar-refractivity contribution in [1.82, 2.24) is 25.1 Å². The molecule has 4 heterocycles. The molecule has 0 spiro atoms. The number of hydrogen-bond acceptors (Lipinski definition) is 5. The number of nitriles is 1. The molecule has 3 aliphatic heterocycles. The number of carbonyl (C=O) groups excluding carboxylic acids is 1. The number of aromatic amines is 1. The lowest BCUT2D eigenvalue weighted by Gasteiger charge is -2.35. The second-order valence-electron chi connectivity index (χ2n) is 8.99. The van der Waals surface area contributed by atoms with Gasteiger partial charge in [-0.1, -0.05) is 0 Å². The Kier molecular flexibility index (Phi) is 5.15. The molecule has 2 atom stereocenters. The maximum absolute atomic E-state index is 13.4. The van der Waals surface area contributed by atoms with Crippen LogP contribution in [0.15, 0.2) is 18.2 Å². The van der Waals surface area contributed by atoms with Gasteiger partial charge < -0.3 is 15.2 Å². The Morgan fingerprint density at radius 3 is 2.77 bits per heavy atom. The molecule has 3 aliphatic rings. The van der Waals surface area contributed by atoms with E-state index < -0.39 is 12.5 Å². The van der Waals surface area contributed by atoms with Gasteiger partial charge in [0.25, 0.3) is 5.92 Å². The highest BCUT2D eigenvalue weighted by Crippen LogP contribution is 2.31. The van der Waals surface area contributed by atoms with Crippen LogP contribution in [-0.4, -0.2) is 76.4 Å². The van der Waals surface area contributed by atoms with Crippen LogP contribution < -0.4 is 5.32 Å². The largest absolute Gasteiger partial charge is 0.342 e. The highest BCUT2D eigenvalue weighted by atomic mass is 19.3. The van der Waals surface area contributed by atoms with Crippen LogP contribution in [0.1, 0.15) is 43.0 Å². The summed E-state index contributed by atoms with van der Waals surface area (Å²) in [5.74, 6) is -1.62. The standard InChI is InChI=1S/C22H26F2N6O/c23-22(24)5-8-30(13-22)21(31)19-10-16(12-26-19)29-6-3-15(4-7-29)20-27-17-2-1-14(11-25)9-18(17)28-20/h1-2,9,15-16,19,26H,3-8,10,12-13H2,(H,27,28)/t16-,19-/m0/s1. The van der Waals surface area contributed by atoms with Crippen molar-refractivity contribution in [2.45, 2.75) is 49.6 Å². The minimum absolute atomic E-state index is 0.146. The maximum Gasteiger partial charge on any atom is 0.267 e. The zero-order valence-electron chi connectivity index (χ0n) is 17.3. The molecule has 2 aromatic rings. The molecular formula is C22H26F2N6O. The van der Waals surface area contributed by atoms with Crippen molar-refractivity contribution in [3.8, 4) is 6.07 Å². The highest BCUT2D eigenvalue weighted by Gasteiger charge is 2.44. The number of carbonyl (C=O) groups is 1. The van der Waals surface area contributed by atoms with E-state index in [1.807, 2.05) is 12.1 Å². The van der Waals surface area contributed by atoms with E-state index in [0.717, 1.165) is 42.8 Å². The number of benzene rings is 1. The molecule has 0 radical (unpaired) electrons. The summed E-state index contributed by atoms with van der Waals surface area (Å²) in [6.07, 6.45) is 2.38. The molecule has 9 heteroatoms. The van der Waals surface area contributed by atoms with Crippen molar-refractivity contribution >= 4 is 16.9 Å². The van der Waals surface area contributed by atoms with Gasteiger partial charge in [-0.25, -0.2) is 13.8 Å². The van der Waals surface area contributed by atoms with Crippen LogP contribution in [0.5, 0.6) is 0 Å². The number of alkyl halides is 2. The first-order valence-corrected chi connectivity index (χ1v) is 11.0. The Bertz CT molecular complexity index is 1020. The van der Waals surface area contributed by atoms with Crippen LogP contribution in [0.2, 0.25) is 0 Å². The zero-order chi connectivity index (χ0) is 21.6. The smallest absolute Gasteiger partial charge is 0.267 e. The van der Waals surface area contributed by atoms with E-state index in [0.29, 0.717) is 24.4 Å². The number of halogens is 2. The van der Waals surface area contributed by atoms with Gasteiger partial charge in [-0.2, -0.15) is 5.26 Å². The first-order valence-electron chi connectivity index (χ1n) is 11.0. The molecule has 0 bridgehead atoms. The fraction of sp³-hybridized carbons (Fsp3) is 0.591. The number of likely N-dealkylation sites (tertiary alicyclic amines) is 2. The second kappa shape index (κ2) is 7.84. The third-order valence-corrected chi connectivity index (χ3v) is 6.95. The van der Waals surface area contributed by atoms with Crippen LogP contribution >= 0.6 is 0 Å². The normalized spacial score (nSPS) is 27.1. The maximum atomic E-state index is 13.4. The van der Waals surface area contributed by atoms with Crippen molar-refractivity contribution < 1.29 is 13.6 Å². The van der Waals surface area contributed by atoms with E-state index in [-0.39, 0.29) is 31.0 Å². The summed E-state index contributed by atoms with van der Waals surface area (Å²) in [7, 11) is 0. The summed E-state index contributed by atoms with van der Waals surface area (Å²) in [6, 6.07) is 7.54. The van der Waals surface area contributed by atoms with Crippen molar-refractivity contribution in [3.63, 3.8) is 0 Å². The fourth-order valence-corrected chi connectivity index (χ4v) is 5.16. The van der Waals surface area contributed by atoms with Gasteiger partial charge in [0.1, 0.15) is 5.82 Å². The lowest BCUT2D eigenvalue weighted by molar-refractivity contribution is -0.133. The number of imidazole rings is 1. The number of rotatable bonds is 3. The molecule has 1 aromatic heterocycles. The topological polar surface area (TPSA) is 88.1 Å². The Morgan fingerprint density at radius 1 is 1.26 bits per heavy atom. The summed E-state index contributed by atoms with van der Waals surface area (Å²) >= 11 is 0. The van der Waals surface area contributed by atoms with E-state index in [1.165, 1.54) is 4.90 Å². The van der Waals surface area contributed by atoms with Crippen molar-refractivity contribution in [3.05, 3.63) is 29.6 Å². The van der Waals surface area contributed by atoms with E-state index >= 15 is 0 Å². The van der Waals surface area contributed by atoms with Crippen LogP contribution in [0.25, 0.3) is 11.0 Å². The number of nitrogens with one attached hydrogen (secondary N) is 2. The lowest BCUT2D eigenvalue weighted by Crippen LogP contribution is -2.43. The molecular weight excluding hydrogens is 402 g/mol. The van der Waals surface area contributed by atoms with E-state index in [9.17, 15) is 13.6 Å². The summed E-state index contributed by atoms with van der Waals surface area (Å²) in [4.78, 5) is 24.4. The third-order valence-electron chi connectivity index (χ3n) is 6.95. The number of fused-ring (bicyclic) bond motifs is 1. The Balaban J connectivity index is 1.16. The summed E-state index contributed by atoms with van der Waals surface area (Å²) in [5.41, 5.74) is 2.39. The van der Waals surface area contributed by atoms with E-state index in [4.69, 9.17) is 10.2 Å². The van der Waals surface area contributed by atoms with Crippen LogP contribution in [0.4, 0.5) is 8.78 Å². The average Bonchev–Trinajstić information content (AvgIpc) is 3.50. The van der Waals surface area contributed by atoms with Gasteiger partial charge in [0.2, 0.25) is 5.91 Å². The van der Waals surface area contributed by atoms with Gasteiger partial charge in [-0.3, -0.25) is 9.69 Å². The SMILES string of the molecule is N#Cc1ccc2nc(C3CCN([C@@H]4CN[C@H](C(=O)N5CCC(F)(F)C5)C4)CC3)[nH]c2c1. The molecule has 7 nitrogen and oxygen atoms in total. The fourth-order valence-electron chi connectivity index (χ4n) is 5.16. The minimum atomic E-state index is -2.75. The van der Waals surface area contributed by atoms with Crippen molar-refractivity contribution in [2.75, 3.05) is 32.7 Å². The molecule has 0 saturated carbocycles. The Hall–Kier alpha value is -2.57. The number of hydrogen-bond donors (Lipinski definition) is 2. The molecule has 0 aliphatic carbocycles. The first-order chi connectivity index (χ1) is 14.9. The molecule has 5 rings (SSSR count). The number of amides is 1. The predicted molar refractivity (Wildman–Crippen MR) is 111 cm³/mol. The second-order valence-corrected chi connectivity index (χ2v) is 8.99. The van der Waals surface area contributed by atoms with E-state index in [2.05, 4.69) is 21.3 Å². The van der Waals surface area contributed by atoms with Gasteiger partial charge >= 0.3 is 0 Å². The number of aromatic nitrogens is 2. The van der Waals surface area contributed by atoms with Crippen molar-refractivity contribution in [1.29, 1.82) is 5.26 Å². The molecule has 0 unspecified atom stereocenters. The van der Waals surface area contributed by atoms with Gasteiger partial charge in [-0.15, -0.1) is 0 Å². The van der Waals surface area contributed by atoms with Crippen LogP contribution in [0, 0.1) is 11.3 Å². The van der Waals surface area contributed by atoms with Gasteiger partial charge in [-0.05, 0) is 50.6 Å². The lowest BCUT2D eigenvalue weighted by atomic mass is 9.94. The van der Waals surface area contributed by atoms with Crippen LogP contribution in [0.3, 0.4) is 0 Å². The average molecular weight is 428 g/mol. The molecule has 31 heavy (non-hydrogen) atoms. The molecule has 1 aromatic carbocycles. The van der Waals surface area contributed by atoms with Crippen molar-refractivity contribution in [2.24, 2.45) is 0 Å². The Labute approximate surface area is 179 Å². The number of H-pyrrole nitrogens is 1. The van der Waals surface area contributed by atoms with Gasteiger partial charge in [0.15, 0.2) is 0 Å². The number of nitrogens with zero attached hydrogens (tertiary/aromatic N) is 4. The van der Waals surface area contributed by atoms with Gasteiger partial charge in [0.05, 0.1) is 35.3 Å². The first kappa shape index (κ1) is 20.3. The molecule has 164 valence electrons. The molecule has 1 amide bonds. The van der Waals surface area contributed by atoms with Crippen LogP contribution in [-0.2, 0) is 4.79 Å². The third kappa shape index (κ3) is 4.02. The number of piperidine rings is 1. The monoisotopic (exact) mass is 428 g/mol. The Morgan fingerprint density at radius 2 is 2.06 bits per heavy atom. The summed E-state index contributed by atoms with van der Waals surface area (Å²) in [5, 5.41) is 12.3. The van der Waals surface area contributed by atoms with Gasteiger partial charge in [0, 0.05) is 31.5 Å². The molecule has 3 fully saturated rings. The quantitative estimate of drug-likeness (QED) is 0.783.